The number of hydrogen-bond donors (Lipinski definition) is 1. The van der Waals surface area contributed by atoms with Crippen LogP contribution in [0.3, 0.4) is 0 Å². The lowest BCUT2D eigenvalue weighted by Gasteiger charge is -2.30. The Balaban J connectivity index is 1.18. The molecule has 2 aliphatic rings. The van der Waals surface area contributed by atoms with Gasteiger partial charge in [-0.3, -0.25) is 23.6 Å². The maximum atomic E-state index is 13.2. The summed E-state index contributed by atoms with van der Waals surface area (Å²) in [7, 11) is 1.90. The molecule has 6 rings (SSSR count). The van der Waals surface area contributed by atoms with E-state index >= 15 is 0 Å². The van der Waals surface area contributed by atoms with Crippen LogP contribution in [0.5, 0.6) is 0 Å². The quantitative estimate of drug-likeness (QED) is 0.440. The molecule has 2 aromatic heterocycles. The third-order valence-electron chi connectivity index (χ3n) is 7.01. The normalized spacial score (nSPS) is 14.6. The van der Waals surface area contributed by atoms with Crippen LogP contribution in [0, 0.1) is 0 Å². The Bertz CT molecular complexity index is 1540. The largest absolute Gasteiger partial charge is 0.338 e. The number of amides is 3. The van der Waals surface area contributed by atoms with Crippen molar-refractivity contribution in [3.63, 3.8) is 0 Å². The molecule has 0 bridgehead atoms. The third kappa shape index (κ3) is 4.21. The van der Waals surface area contributed by atoms with Crippen LogP contribution in [0.25, 0.3) is 17.2 Å². The standard InChI is InChI=1S/C27H26N8O3/c1-32-21-13-14-33(15-19(21)26(31-32)27-30-28-17-35(27)18-7-3-2-4-8-18)24(37)11-12-25(38)34-16-23(36)29-20-9-5-6-10-22(20)34/h2-10,17H,11-16H2,1H3,(H,29,36). The molecule has 0 spiro atoms. The van der Waals surface area contributed by atoms with Crippen LogP contribution in [0.4, 0.5) is 11.4 Å². The van der Waals surface area contributed by atoms with Crippen molar-refractivity contribution in [2.45, 2.75) is 25.8 Å². The fraction of sp³-hybridized carbons (Fsp3) is 0.259. The van der Waals surface area contributed by atoms with Crippen LogP contribution >= 0.6 is 0 Å². The van der Waals surface area contributed by atoms with Crippen molar-refractivity contribution in [2.24, 2.45) is 7.05 Å². The topological polar surface area (TPSA) is 118 Å². The zero-order valence-corrected chi connectivity index (χ0v) is 20.9. The first-order valence-electron chi connectivity index (χ1n) is 12.5. The summed E-state index contributed by atoms with van der Waals surface area (Å²) in [6.07, 6.45) is 2.38. The molecule has 4 heterocycles. The Kier molecular flexibility index (Phi) is 5.95. The summed E-state index contributed by atoms with van der Waals surface area (Å²) in [6, 6.07) is 17.0. The molecular formula is C27H26N8O3. The van der Waals surface area contributed by atoms with Crippen LogP contribution in [-0.2, 0) is 34.4 Å². The van der Waals surface area contributed by atoms with Gasteiger partial charge in [0.25, 0.3) is 0 Å². The van der Waals surface area contributed by atoms with Crippen LogP contribution < -0.4 is 10.2 Å². The Morgan fingerprint density at radius 1 is 0.974 bits per heavy atom. The van der Waals surface area contributed by atoms with Crippen molar-refractivity contribution in [3.05, 3.63) is 72.2 Å². The molecule has 2 aromatic carbocycles. The SMILES string of the molecule is Cn1nc(-c2nncn2-c2ccccc2)c2c1CCN(C(=O)CCC(=O)N1CC(=O)Nc3ccccc31)C2. The van der Waals surface area contributed by atoms with Crippen molar-refractivity contribution < 1.29 is 14.4 Å². The molecule has 4 aromatic rings. The van der Waals surface area contributed by atoms with E-state index in [-0.39, 0.29) is 37.1 Å². The molecule has 38 heavy (non-hydrogen) atoms. The van der Waals surface area contributed by atoms with E-state index in [0.717, 1.165) is 16.9 Å². The van der Waals surface area contributed by atoms with Gasteiger partial charge in [0.15, 0.2) is 5.82 Å². The predicted molar refractivity (Wildman–Crippen MR) is 139 cm³/mol. The predicted octanol–water partition coefficient (Wildman–Crippen LogP) is 2.32. The monoisotopic (exact) mass is 510 g/mol. The van der Waals surface area contributed by atoms with Gasteiger partial charge in [-0.25, -0.2) is 0 Å². The number of nitrogens with zero attached hydrogens (tertiary/aromatic N) is 7. The second-order valence-electron chi connectivity index (χ2n) is 9.37. The third-order valence-corrected chi connectivity index (χ3v) is 7.01. The van der Waals surface area contributed by atoms with E-state index in [4.69, 9.17) is 5.10 Å². The molecule has 2 aliphatic heterocycles. The first kappa shape index (κ1) is 23.6. The van der Waals surface area contributed by atoms with E-state index in [9.17, 15) is 14.4 Å². The number of carbonyl (C=O) groups excluding carboxylic acids is 3. The van der Waals surface area contributed by atoms with E-state index in [1.54, 1.807) is 29.4 Å². The van der Waals surface area contributed by atoms with Gasteiger partial charge in [0.05, 0.1) is 11.4 Å². The number of aromatic nitrogens is 5. The van der Waals surface area contributed by atoms with Gasteiger partial charge in [0.2, 0.25) is 17.7 Å². The van der Waals surface area contributed by atoms with Gasteiger partial charge in [-0.2, -0.15) is 5.10 Å². The van der Waals surface area contributed by atoms with Gasteiger partial charge in [-0.05, 0) is 24.3 Å². The van der Waals surface area contributed by atoms with Gasteiger partial charge in [-0.1, -0.05) is 30.3 Å². The number of rotatable bonds is 5. The second kappa shape index (κ2) is 9.58. The molecule has 0 aliphatic carbocycles. The number of anilines is 2. The molecule has 3 amide bonds. The van der Waals surface area contributed by atoms with Gasteiger partial charge in [-0.15, -0.1) is 10.2 Å². The Labute approximate surface area is 218 Å². The number of para-hydroxylation sites is 3. The van der Waals surface area contributed by atoms with E-state index < -0.39 is 0 Å². The minimum Gasteiger partial charge on any atom is -0.338 e. The maximum Gasteiger partial charge on any atom is 0.244 e. The molecule has 11 heteroatoms. The van der Waals surface area contributed by atoms with Gasteiger partial charge < -0.3 is 15.1 Å². The van der Waals surface area contributed by atoms with E-state index in [0.29, 0.717) is 42.4 Å². The van der Waals surface area contributed by atoms with Gasteiger partial charge in [0.1, 0.15) is 18.6 Å². The summed E-state index contributed by atoms with van der Waals surface area (Å²) >= 11 is 0. The highest BCUT2D eigenvalue weighted by atomic mass is 16.2. The van der Waals surface area contributed by atoms with Crippen molar-refractivity contribution in [3.8, 4) is 17.2 Å². The fourth-order valence-electron chi connectivity index (χ4n) is 5.12. The summed E-state index contributed by atoms with van der Waals surface area (Å²) in [5.74, 6) is -0.00610. The zero-order chi connectivity index (χ0) is 26.2. The lowest BCUT2D eigenvalue weighted by molar-refractivity contribution is -0.134. The zero-order valence-electron chi connectivity index (χ0n) is 20.9. The Hall–Kier alpha value is -4.80. The smallest absolute Gasteiger partial charge is 0.244 e. The number of benzene rings is 2. The minimum atomic E-state index is -0.253. The number of carbonyl (C=O) groups is 3. The van der Waals surface area contributed by atoms with E-state index in [2.05, 4.69) is 15.5 Å². The Morgan fingerprint density at radius 3 is 2.58 bits per heavy atom. The number of hydrogen-bond acceptors (Lipinski definition) is 6. The Morgan fingerprint density at radius 2 is 1.74 bits per heavy atom. The molecule has 0 saturated heterocycles. The minimum absolute atomic E-state index is 0.0199. The van der Waals surface area contributed by atoms with Crippen LogP contribution in [0.15, 0.2) is 60.9 Å². The van der Waals surface area contributed by atoms with Crippen LogP contribution in [0.2, 0.25) is 0 Å². The first-order chi connectivity index (χ1) is 18.5. The molecule has 0 radical (unpaired) electrons. The number of nitrogens with one attached hydrogen (secondary N) is 1. The number of fused-ring (bicyclic) bond motifs is 2. The van der Waals surface area contributed by atoms with Crippen molar-refractivity contribution in [1.29, 1.82) is 0 Å². The summed E-state index contributed by atoms with van der Waals surface area (Å²) < 4.78 is 3.73. The van der Waals surface area contributed by atoms with Crippen molar-refractivity contribution in [1.82, 2.24) is 29.4 Å². The second-order valence-corrected chi connectivity index (χ2v) is 9.37. The lowest BCUT2D eigenvalue weighted by Crippen LogP contribution is -2.43. The first-order valence-corrected chi connectivity index (χ1v) is 12.5. The molecule has 0 fully saturated rings. The molecule has 192 valence electrons. The molecule has 0 saturated carbocycles. The molecule has 1 N–H and O–H groups in total. The average molecular weight is 511 g/mol. The average Bonchev–Trinajstić information content (AvgIpc) is 3.55. The van der Waals surface area contributed by atoms with Gasteiger partial charge >= 0.3 is 0 Å². The number of aryl methyl sites for hydroxylation is 1. The fourth-order valence-corrected chi connectivity index (χ4v) is 5.12. The molecule has 0 unspecified atom stereocenters. The lowest BCUT2D eigenvalue weighted by atomic mass is 10.0. The summed E-state index contributed by atoms with van der Waals surface area (Å²) in [5, 5.41) is 16.0. The van der Waals surface area contributed by atoms with Crippen molar-refractivity contribution in [2.75, 3.05) is 23.3 Å². The van der Waals surface area contributed by atoms with E-state index in [1.165, 1.54) is 4.90 Å². The molecular weight excluding hydrogens is 484 g/mol. The molecule has 0 atom stereocenters. The van der Waals surface area contributed by atoms with Crippen molar-refractivity contribution >= 4 is 29.1 Å². The highest BCUT2D eigenvalue weighted by Crippen LogP contribution is 2.31. The van der Waals surface area contributed by atoms with Crippen LogP contribution in [-0.4, -0.2) is 60.3 Å². The summed E-state index contributed by atoms with van der Waals surface area (Å²) in [6.45, 7) is 0.861. The van der Waals surface area contributed by atoms with Crippen LogP contribution in [0.1, 0.15) is 24.1 Å². The highest BCUT2D eigenvalue weighted by molar-refractivity contribution is 6.10. The van der Waals surface area contributed by atoms with E-state index in [1.807, 2.05) is 52.7 Å². The maximum absolute atomic E-state index is 13.2. The summed E-state index contributed by atoms with van der Waals surface area (Å²) in [5.41, 5.74) is 4.84. The summed E-state index contributed by atoms with van der Waals surface area (Å²) in [4.78, 5) is 41.5. The van der Waals surface area contributed by atoms with Gasteiger partial charge in [0, 0.05) is 56.3 Å². The highest BCUT2D eigenvalue weighted by Gasteiger charge is 2.31. The molecule has 11 nitrogen and oxygen atoms in total.